The Morgan fingerprint density at radius 2 is 1.76 bits per heavy atom. The second-order valence-electron chi connectivity index (χ2n) is 3.87. The number of hydrogen-bond donors (Lipinski definition) is 1. The molecule has 0 saturated carbocycles. The van der Waals surface area contributed by atoms with Gasteiger partial charge in [-0.05, 0) is 24.3 Å². The number of hydrogen-bond acceptors (Lipinski definition) is 3. The molecule has 21 heavy (non-hydrogen) atoms. The molecule has 1 N–H and O–H groups in total. The summed E-state index contributed by atoms with van der Waals surface area (Å²) in [5, 5.41) is 9.42. The van der Waals surface area contributed by atoms with Crippen molar-refractivity contribution in [1.29, 1.82) is 0 Å². The molecular weight excluding hydrogens is 330 g/mol. The third kappa shape index (κ3) is 3.25. The number of alkyl halides is 3. The second-order valence-corrected chi connectivity index (χ2v) is 4.68. The number of benzene rings is 1. The quantitative estimate of drug-likeness (QED) is 0.681. The Bertz CT molecular complexity index is 687. The molecule has 4 nitrogen and oxygen atoms in total. The molecule has 0 aliphatic carbocycles. The fourth-order valence-electron chi connectivity index (χ4n) is 1.63. The molecule has 0 unspecified atom stereocenters. The standard InChI is InChI=1S/C12H6Cl2F3N3O/c13-7-4-6(12(15,16)17)5-8(14)10(7)11-9(2-1-3-21)18-20-19-11/h1-5H,(H,18,19,20). The number of nitrogens with zero attached hydrogens (tertiary/aromatic N) is 2. The average molecular weight is 336 g/mol. The fourth-order valence-corrected chi connectivity index (χ4v) is 2.30. The van der Waals surface area contributed by atoms with Crippen LogP contribution in [0.5, 0.6) is 0 Å². The summed E-state index contributed by atoms with van der Waals surface area (Å²) < 4.78 is 38.0. The maximum Gasteiger partial charge on any atom is 0.416 e. The minimum atomic E-state index is -4.56. The fraction of sp³-hybridized carbons (Fsp3) is 0.0833. The highest BCUT2D eigenvalue weighted by atomic mass is 35.5. The first-order chi connectivity index (χ1) is 9.84. The Kier molecular flexibility index (Phi) is 4.34. The van der Waals surface area contributed by atoms with Gasteiger partial charge in [0.1, 0.15) is 17.7 Å². The molecule has 2 rings (SSSR count). The molecule has 9 heteroatoms. The Labute approximate surface area is 126 Å². The van der Waals surface area contributed by atoms with E-state index in [1.165, 1.54) is 6.08 Å². The number of carbonyl (C=O) groups excluding carboxylic acids is 1. The molecule has 0 aliphatic rings. The van der Waals surface area contributed by atoms with E-state index >= 15 is 0 Å². The van der Waals surface area contributed by atoms with Crippen LogP contribution in [0.15, 0.2) is 18.2 Å². The topological polar surface area (TPSA) is 58.6 Å². The average Bonchev–Trinajstić information content (AvgIpc) is 2.82. The Hall–Kier alpha value is -1.86. The second kappa shape index (κ2) is 5.87. The van der Waals surface area contributed by atoms with E-state index in [4.69, 9.17) is 23.2 Å². The van der Waals surface area contributed by atoms with Gasteiger partial charge in [-0.25, -0.2) is 0 Å². The number of allylic oxidation sites excluding steroid dienone is 1. The van der Waals surface area contributed by atoms with Gasteiger partial charge in [0.05, 0.1) is 15.6 Å². The molecule has 1 heterocycles. The summed E-state index contributed by atoms with van der Waals surface area (Å²) in [6, 6.07) is 1.51. The summed E-state index contributed by atoms with van der Waals surface area (Å²) in [4.78, 5) is 10.3. The van der Waals surface area contributed by atoms with E-state index in [0.717, 1.165) is 18.2 Å². The van der Waals surface area contributed by atoms with Gasteiger partial charge in [0.15, 0.2) is 0 Å². The van der Waals surface area contributed by atoms with Crippen LogP contribution in [0.3, 0.4) is 0 Å². The minimum Gasteiger partial charge on any atom is -0.299 e. The first-order valence-electron chi connectivity index (χ1n) is 5.44. The molecule has 0 bridgehead atoms. The first kappa shape index (κ1) is 15.5. The van der Waals surface area contributed by atoms with Gasteiger partial charge in [-0.3, -0.25) is 4.79 Å². The van der Waals surface area contributed by atoms with Gasteiger partial charge in [-0.2, -0.15) is 28.6 Å². The highest BCUT2D eigenvalue weighted by Gasteiger charge is 2.32. The summed E-state index contributed by atoms with van der Waals surface area (Å²) in [5.74, 6) is 0. The summed E-state index contributed by atoms with van der Waals surface area (Å²) in [7, 11) is 0. The molecule has 2 aromatic rings. The van der Waals surface area contributed by atoms with E-state index in [9.17, 15) is 18.0 Å². The van der Waals surface area contributed by atoms with Crippen molar-refractivity contribution in [2.24, 2.45) is 0 Å². The lowest BCUT2D eigenvalue weighted by Gasteiger charge is -2.11. The summed E-state index contributed by atoms with van der Waals surface area (Å²) in [6.45, 7) is 0. The van der Waals surface area contributed by atoms with Crippen LogP contribution in [0.25, 0.3) is 17.3 Å². The number of carbonyl (C=O) groups is 1. The zero-order valence-electron chi connectivity index (χ0n) is 10.1. The van der Waals surface area contributed by atoms with Crippen molar-refractivity contribution in [2.45, 2.75) is 6.18 Å². The summed E-state index contributed by atoms with van der Waals surface area (Å²) in [6.07, 6.45) is -1.55. The molecule has 0 radical (unpaired) electrons. The highest BCUT2D eigenvalue weighted by molar-refractivity contribution is 6.39. The zero-order valence-corrected chi connectivity index (χ0v) is 11.6. The monoisotopic (exact) mass is 335 g/mol. The normalized spacial score (nSPS) is 12.0. The summed E-state index contributed by atoms with van der Waals surface area (Å²) in [5.41, 5.74) is -0.483. The van der Waals surface area contributed by atoms with Crippen molar-refractivity contribution in [3.63, 3.8) is 0 Å². The van der Waals surface area contributed by atoms with Crippen LogP contribution in [0, 0.1) is 0 Å². The molecule has 0 spiro atoms. The Morgan fingerprint density at radius 3 is 2.29 bits per heavy atom. The van der Waals surface area contributed by atoms with Gasteiger partial charge >= 0.3 is 6.18 Å². The van der Waals surface area contributed by atoms with Gasteiger partial charge in [0, 0.05) is 5.56 Å². The van der Waals surface area contributed by atoms with Crippen LogP contribution >= 0.6 is 23.2 Å². The van der Waals surface area contributed by atoms with Crippen molar-refractivity contribution in [2.75, 3.05) is 0 Å². The van der Waals surface area contributed by atoms with E-state index < -0.39 is 11.7 Å². The van der Waals surface area contributed by atoms with Gasteiger partial charge in [-0.1, -0.05) is 23.2 Å². The predicted octanol–water partition coefficient (Wildman–Crippen LogP) is 4.01. The van der Waals surface area contributed by atoms with E-state index in [-0.39, 0.29) is 27.0 Å². The van der Waals surface area contributed by atoms with Crippen LogP contribution in [0.4, 0.5) is 13.2 Å². The van der Waals surface area contributed by atoms with Gasteiger partial charge in [0.25, 0.3) is 0 Å². The lowest BCUT2D eigenvalue weighted by molar-refractivity contribution is -0.137. The van der Waals surface area contributed by atoms with Gasteiger partial charge in [0.2, 0.25) is 0 Å². The predicted molar refractivity (Wildman–Crippen MR) is 71.9 cm³/mol. The lowest BCUT2D eigenvalue weighted by Crippen LogP contribution is -2.05. The smallest absolute Gasteiger partial charge is 0.299 e. The number of H-pyrrole nitrogens is 1. The number of halogens is 5. The van der Waals surface area contributed by atoms with E-state index in [2.05, 4.69) is 15.4 Å². The van der Waals surface area contributed by atoms with Crippen molar-refractivity contribution in [1.82, 2.24) is 15.4 Å². The first-order valence-corrected chi connectivity index (χ1v) is 6.19. The van der Waals surface area contributed by atoms with Crippen LogP contribution in [-0.4, -0.2) is 21.7 Å². The largest absolute Gasteiger partial charge is 0.416 e. The number of aromatic nitrogens is 3. The minimum absolute atomic E-state index is 0.102. The van der Waals surface area contributed by atoms with Crippen LogP contribution in [-0.2, 0) is 11.0 Å². The van der Waals surface area contributed by atoms with E-state index in [1.807, 2.05) is 0 Å². The number of rotatable bonds is 3. The van der Waals surface area contributed by atoms with Crippen LogP contribution in [0.2, 0.25) is 10.0 Å². The molecule has 110 valence electrons. The molecule has 1 aromatic heterocycles. The number of aromatic amines is 1. The maximum atomic E-state index is 12.7. The van der Waals surface area contributed by atoms with Crippen molar-refractivity contribution in [3.8, 4) is 11.3 Å². The van der Waals surface area contributed by atoms with E-state index in [1.54, 1.807) is 0 Å². The lowest BCUT2D eigenvalue weighted by atomic mass is 10.1. The molecule has 0 fully saturated rings. The molecule has 0 amide bonds. The van der Waals surface area contributed by atoms with Crippen LogP contribution in [0.1, 0.15) is 11.3 Å². The van der Waals surface area contributed by atoms with Crippen molar-refractivity contribution >= 4 is 35.6 Å². The van der Waals surface area contributed by atoms with Gasteiger partial charge in [-0.15, -0.1) is 0 Å². The maximum absolute atomic E-state index is 12.7. The van der Waals surface area contributed by atoms with E-state index in [0.29, 0.717) is 6.29 Å². The summed E-state index contributed by atoms with van der Waals surface area (Å²) >= 11 is 11.8. The number of aldehydes is 1. The third-order valence-electron chi connectivity index (χ3n) is 2.51. The molecule has 0 aliphatic heterocycles. The third-order valence-corrected chi connectivity index (χ3v) is 3.11. The SMILES string of the molecule is O=CC=Cc1n[nH]nc1-c1c(Cl)cc(C(F)(F)F)cc1Cl. The van der Waals surface area contributed by atoms with Crippen molar-refractivity contribution in [3.05, 3.63) is 39.5 Å². The highest BCUT2D eigenvalue weighted by Crippen LogP contribution is 2.40. The van der Waals surface area contributed by atoms with Gasteiger partial charge < -0.3 is 0 Å². The zero-order chi connectivity index (χ0) is 15.6. The molecule has 0 saturated heterocycles. The van der Waals surface area contributed by atoms with Crippen molar-refractivity contribution < 1.29 is 18.0 Å². The molecule has 0 atom stereocenters. The number of nitrogens with one attached hydrogen (secondary N) is 1. The Morgan fingerprint density at radius 1 is 1.14 bits per heavy atom. The molecular formula is C12H6Cl2F3N3O. The molecule has 1 aromatic carbocycles. The Balaban J connectivity index is 2.58. The van der Waals surface area contributed by atoms with Crippen LogP contribution < -0.4 is 0 Å².